The van der Waals surface area contributed by atoms with Gasteiger partial charge in [-0.15, -0.1) is 5.10 Å². The van der Waals surface area contributed by atoms with Crippen molar-refractivity contribution >= 4 is 6.01 Å². The quantitative estimate of drug-likeness (QED) is 0.757. The molecule has 1 atom stereocenters. The van der Waals surface area contributed by atoms with E-state index < -0.39 is 19.3 Å². The number of aliphatic hydroxyl groups excluding tert-OH is 1. The monoisotopic (exact) mass is 296 g/mol. The molecule has 0 fully saturated rings. The Balaban J connectivity index is 2.75. The zero-order valence-electron chi connectivity index (χ0n) is 11.4. The van der Waals surface area contributed by atoms with Crippen LogP contribution in [0.1, 0.15) is 32.2 Å². The fraction of sp³-hybridized carbons (Fsp3) is 0.818. The van der Waals surface area contributed by atoms with Gasteiger partial charge in [0.25, 0.3) is 0 Å². The maximum atomic E-state index is 12.4. The fourth-order valence-corrected chi connectivity index (χ4v) is 1.56. The number of aromatic nitrogens is 2. The summed E-state index contributed by atoms with van der Waals surface area (Å²) in [5.74, 6) is 0.221. The summed E-state index contributed by atoms with van der Waals surface area (Å²) >= 11 is 0. The Kier molecular flexibility index (Phi) is 6.21. The number of rotatable bonds is 8. The lowest BCUT2D eigenvalue weighted by Crippen LogP contribution is -2.36. The molecule has 0 radical (unpaired) electrons. The molecule has 0 saturated carbocycles. The van der Waals surface area contributed by atoms with Gasteiger partial charge in [-0.3, -0.25) is 0 Å². The van der Waals surface area contributed by atoms with E-state index in [1.54, 1.807) is 6.92 Å². The molecule has 1 aromatic heterocycles. The molecule has 0 spiro atoms. The molecule has 0 aliphatic carbocycles. The molecule has 1 unspecified atom stereocenters. The lowest BCUT2D eigenvalue weighted by atomic mass is 10.3. The Morgan fingerprint density at radius 3 is 2.65 bits per heavy atom. The maximum Gasteiger partial charge on any atom is 0.406 e. The zero-order chi connectivity index (χ0) is 15.2. The molecule has 0 aromatic carbocycles. The van der Waals surface area contributed by atoms with E-state index >= 15 is 0 Å². The molecule has 0 bridgehead atoms. The number of aliphatic hydroxyl groups is 1. The number of hydrogen-bond donors (Lipinski definition) is 2. The van der Waals surface area contributed by atoms with Crippen LogP contribution in [0.25, 0.3) is 0 Å². The van der Waals surface area contributed by atoms with Gasteiger partial charge in [-0.05, 0) is 19.9 Å². The SMILES string of the molecule is CCCNC(C)c1nnc(N(CCO)CC(F)(F)F)o1. The second kappa shape index (κ2) is 7.44. The third kappa shape index (κ3) is 5.33. The van der Waals surface area contributed by atoms with E-state index in [0.29, 0.717) is 0 Å². The molecule has 0 aliphatic heterocycles. The highest BCUT2D eigenvalue weighted by Gasteiger charge is 2.33. The molecule has 9 heteroatoms. The van der Waals surface area contributed by atoms with Gasteiger partial charge < -0.3 is 19.7 Å². The predicted octanol–water partition coefficient (Wildman–Crippen LogP) is 1.49. The number of nitrogens with one attached hydrogen (secondary N) is 1. The van der Waals surface area contributed by atoms with Crippen molar-refractivity contribution in [3.05, 3.63) is 5.89 Å². The number of alkyl halides is 3. The summed E-state index contributed by atoms with van der Waals surface area (Å²) in [7, 11) is 0. The normalized spacial score (nSPS) is 13.5. The molecular formula is C11H19F3N4O2. The van der Waals surface area contributed by atoms with Crippen LogP contribution in [0.15, 0.2) is 4.42 Å². The van der Waals surface area contributed by atoms with Crippen LogP contribution in [-0.4, -0.2) is 47.7 Å². The van der Waals surface area contributed by atoms with E-state index in [1.807, 2.05) is 6.92 Å². The minimum atomic E-state index is -4.41. The van der Waals surface area contributed by atoms with Gasteiger partial charge in [0.05, 0.1) is 12.6 Å². The van der Waals surface area contributed by atoms with E-state index in [0.717, 1.165) is 17.9 Å². The van der Waals surface area contributed by atoms with Crippen LogP contribution in [0.2, 0.25) is 0 Å². The van der Waals surface area contributed by atoms with Gasteiger partial charge in [-0.2, -0.15) is 13.2 Å². The van der Waals surface area contributed by atoms with Crippen molar-refractivity contribution in [3.63, 3.8) is 0 Å². The topological polar surface area (TPSA) is 74.4 Å². The van der Waals surface area contributed by atoms with Crippen LogP contribution in [0.3, 0.4) is 0 Å². The van der Waals surface area contributed by atoms with Gasteiger partial charge >= 0.3 is 12.2 Å². The standard InChI is InChI=1S/C11H19F3N4O2/c1-3-4-15-8(2)9-16-17-10(20-9)18(5-6-19)7-11(12,13)14/h8,15,19H,3-7H2,1-2H3. The van der Waals surface area contributed by atoms with E-state index in [2.05, 4.69) is 15.5 Å². The molecule has 116 valence electrons. The highest BCUT2D eigenvalue weighted by Crippen LogP contribution is 2.22. The van der Waals surface area contributed by atoms with Gasteiger partial charge in [-0.1, -0.05) is 12.0 Å². The predicted molar refractivity (Wildman–Crippen MR) is 66.4 cm³/mol. The Labute approximate surface area is 115 Å². The largest absolute Gasteiger partial charge is 0.406 e. The van der Waals surface area contributed by atoms with Crippen molar-refractivity contribution in [2.24, 2.45) is 0 Å². The van der Waals surface area contributed by atoms with Crippen LogP contribution >= 0.6 is 0 Å². The van der Waals surface area contributed by atoms with Crippen LogP contribution in [-0.2, 0) is 0 Å². The van der Waals surface area contributed by atoms with Crippen molar-refractivity contribution in [3.8, 4) is 0 Å². The third-order valence-corrected chi connectivity index (χ3v) is 2.51. The number of anilines is 1. The summed E-state index contributed by atoms with van der Waals surface area (Å²) in [6.07, 6.45) is -3.49. The van der Waals surface area contributed by atoms with Crippen LogP contribution in [0.4, 0.5) is 19.2 Å². The van der Waals surface area contributed by atoms with E-state index in [4.69, 9.17) is 9.52 Å². The molecule has 20 heavy (non-hydrogen) atoms. The molecule has 1 aromatic rings. The number of hydrogen-bond acceptors (Lipinski definition) is 6. The zero-order valence-corrected chi connectivity index (χ0v) is 11.4. The average molecular weight is 296 g/mol. The molecule has 1 rings (SSSR count). The second-order valence-corrected chi connectivity index (χ2v) is 4.36. The Morgan fingerprint density at radius 2 is 2.10 bits per heavy atom. The smallest absolute Gasteiger partial charge is 0.406 e. The summed E-state index contributed by atoms with van der Waals surface area (Å²) < 4.78 is 42.5. The molecule has 1 heterocycles. The highest BCUT2D eigenvalue weighted by molar-refractivity contribution is 5.24. The molecule has 0 saturated heterocycles. The van der Waals surface area contributed by atoms with Gasteiger partial charge in [0.2, 0.25) is 5.89 Å². The Morgan fingerprint density at radius 1 is 1.40 bits per heavy atom. The van der Waals surface area contributed by atoms with E-state index in [-0.39, 0.29) is 24.5 Å². The van der Waals surface area contributed by atoms with Crippen molar-refractivity contribution in [1.82, 2.24) is 15.5 Å². The summed E-state index contributed by atoms with van der Waals surface area (Å²) in [4.78, 5) is 0.809. The first-order valence-corrected chi connectivity index (χ1v) is 6.36. The Bertz CT molecular complexity index is 397. The first-order valence-electron chi connectivity index (χ1n) is 6.36. The van der Waals surface area contributed by atoms with Crippen molar-refractivity contribution < 1.29 is 22.7 Å². The van der Waals surface area contributed by atoms with Crippen molar-refractivity contribution in [2.75, 3.05) is 31.1 Å². The first-order chi connectivity index (χ1) is 9.37. The van der Waals surface area contributed by atoms with Gasteiger partial charge in [0.15, 0.2) is 0 Å². The van der Waals surface area contributed by atoms with Crippen LogP contribution in [0.5, 0.6) is 0 Å². The molecule has 2 N–H and O–H groups in total. The molecule has 0 amide bonds. The Hall–Kier alpha value is -1.35. The lowest BCUT2D eigenvalue weighted by Gasteiger charge is -2.20. The second-order valence-electron chi connectivity index (χ2n) is 4.36. The van der Waals surface area contributed by atoms with Crippen LogP contribution < -0.4 is 10.2 Å². The van der Waals surface area contributed by atoms with Gasteiger partial charge in [-0.25, -0.2) is 0 Å². The maximum absolute atomic E-state index is 12.4. The lowest BCUT2D eigenvalue weighted by molar-refractivity contribution is -0.120. The van der Waals surface area contributed by atoms with Gasteiger partial charge in [0.1, 0.15) is 6.54 Å². The van der Waals surface area contributed by atoms with E-state index in [9.17, 15) is 13.2 Å². The van der Waals surface area contributed by atoms with Crippen molar-refractivity contribution in [1.29, 1.82) is 0 Å². The highest BCUT2D eigenvalue weighted by atomic mass is 19.4. The van der Waals surface area contributed by atoms with Crippen LogP contribution in [0, 0.1) is 0 Å². The van der Waals surface area contributed by atoms with Crippen molar-refractivity contribution in [2.45, 2.75) is 32.5 Å². The molecule has 0 aliphatic rings. The van der Waals surface area contributed by atoms with E-state index in [1.165, 1.54) is 0 Å². The molecule has 6 nitrogen and oxygen atoms in total. The third-order valence-electron chi connectivity index (χ3n) is 2.51. The summed E-state index contributed by atoms with van der Waals surface area (Å²) in [6, 6.07) is -0.477. The minimum absolute atomic E-state index is 0.221. The van der Waals surface area contributed by atoms with Gasteiger partial charge in [0, 0.05) is 6.54 Å². The summed E-state index contributed by atoms with van der Waals surface area (Å²) in [6.45, 7) is 2.61. The first kappa shape index (κ1) is 16.7. The average Bonchev–Trinajstić information content (AvgIpc) is 2.83. The summed E-state index contributed by atoms with van der Waals surface area (Å²) in [5, 5.41) is 19.2. The minimum Gasteiger partial charge on any atom is -0.406 e. The fourth-order valence-electron chi connectivity index (χ4n) is 1.56. The number of nitrogens with zero attached hydrogens (tertiary/aromatic N) is 3. The molecular weight excluding hydrogens is 277 g/mol. The summed E-state index contributed by atoms with van der Waals surface area (Å²) in [5.41, 5.74) is 0. The number of halogens is 3.